The number of pyridine rings is 1. The summed E-state index contributed by atoms with van der Waals surface area (Å²) in [6, 6.07) is 25.6. The Morgan fingerprint density at radius 1 is 0.852 bits per heavy atom. The number of amides is 2. The number of urea groups is 1. The molecular formula is C23H25N3O. The Morgan fingerprint density at radius 3 is 2.26 bits per heavy atom. The van der Waals surface area contributed by atoms with Crippen LogP contribution in [0.25, 0.3) is 0 Å². The number of nitrogens with zero attached hydrogens (tertiary/aromatic N) is 1. The van der Waals surface area contributed by atoms with Crippen LogP contribution in [0.5, 0.6) is 0 Å². The summed E-state index contributed by atoms with van der Waals surface area (Å²) in [7, 11) is 0. The number of unbranched alkanes of at least 4 members (excludes halogenated alkanes) is 1. The molecule has 0 saturated carbocycles. The largest absolute Gasteiger partial charge is 0.338 e. The molecule has 4 heteroatoms. The normalized spacial score (nSPS) is 11.6. The predicted octanol–water partition coefficient (Wildman–Crippen LogP) is 4.49. The third-order valence-electron chi connectivity index (χ3n) is 4.41. The fourth-order valence-electron chi connectivity index (χ4n) is 3.00. The van der Waals surface area contributed by atoms with Crippen molar-refractivity contribution in [3.8, 4) is 0 Å². The van der Waals surface area contributed by atoms with Crippen molar-refractivity contribution < 1.29 is 4.79 Å². The van der Waals surface area contributed by atoms with Gasteiger partial charge in [0.1, 0.15) is 0 Å². The second kappa shape index (κ2) is 10.1. The van der Waals surface area contributed by atoms with Crippen molar-refractivity contribution in [2.45, 2.75) is 25.3 Å². The molecule has 27 heavy (non-hydrogen) atoms. The van der Waals surface area contributed by atoms with Gasteiger partial charge in [-0.15, -0.1) is 0 Å². The van der Waals surface area contributed by atoms with Gasteiger partial charge in [0.2, 0.25) is 0 Å². The van der Waals surface area contributed by atoms with Gasteiger partial charge >= 0.3 is 6.03 Å². The molecule has 0 saturated heterocycles. The number of aromatic nitrogens is 1. The number of carbonyl (C=O) groups is 1. The van der Waals surface area contributed by atoms with Gasteiger partial charge in [-0.2, -0.15) is 0 Å². The Morgan fingerprint density at radius 2 is 1.56 bits per heavy atom. The van der Waals surface area contributed by atoms with Gasteiger partial charge in [-0.25, -0.2) is 4.79 Å². The molecule has 2 amide bonds. The van der Waals surface area contributed by atoms with Crippen LogP contribution in [0.15, 0.2) is 85.1 Å². The van der Waals surface area contributed by atoms with E-state index in [2.05, 4.69) is 39.9 Å². The number of carbonyl (C=O) groups excluding carboxylic acids is 1. The highest BCUT2D eigenvalue weighted by atomic mass is 16.2. The van der Waals surface area contributed by atoms with Crippen molar-refractivity contribution in [3.05, 3.63) is 102 Å². The van der Waals surface area contributed by atoms with E-state index in [0.717, 1.165) is 30.5 Å². The fraction of sp³-hybridized carbons (Fsp3) is 0.217. The molecule has 0 aliphatic heterocycles. The van der Waals surface area contributed by atoms with Crippen LogP contribution < -0.4 is 10.6 Å². The fourth-order valence-corrected chi connectivity index (χ4v) is 3.00. The van der Waals surface area contributed by atoms with E-state index in [4.69, 9.17) is 0 Å². The van der Waals surface area contributed by atoms with Crippen LogP contribution in [0.1, 0.15) is 35.7 Å². The van der Waals surface area contributed by atoms with Gasteiger partial charge in [-0.1, -0.05) is 66.7 Å². The average Bonchev–Trinajstić information content (AvgIpc) is 2.74. The van der Waals surface area contributed by atoms with Crippen molar-refractivity contribution in [2.24, 2.45) is 0 Å². The first kappa shape index (κ1) is 18.6. The predicted molar refractivity (Wildman–Crippen MR) is 108 cm³/mol. The van der Waals surface area contributed by atoms with E-state index >= 15 is 0 Å². The number of rotatable bonds is 8. The summed E-state index contributed by atoms with van der Waals surface area (Å²) in [5, 5.41) is 6.01. The summed E-state index contributed by atoms with van der Waals surface area (Å²) < 4.78 is 0. The second-order valence-electron chi connectivity index (χ2n) is 6.44. The van der Waals surface area contributed by atoms with Gasteiger partial charge in [0.15, 0.2) is 0 Å². The summed E-state index contributed by atoms with van der Waals surface area (Å²) >= 11 is 0. The lowest BCUT2D eigenvalue weighted by Crippen LogP contribution is -2.39. The zero-order chi connectivity index (χ0) is 18.7. The minimum absolute atomic E-state index is 0.172. The summed E-state index contributed by atoms with van der Waals surface area (Å²) in [6.45, 7) is 0.655. The quantitative estimate of drug-likeness (QED) is 0.582. The Kier molecular flexibility index (Phi) is 6.99. The summed E-state index contributed by atoms with van der Waals surface area (Å²) in [5.41, 5.74) is 3.17. The van der Waals surface area contributed by atoms with E-state index in [1.165, 1.54) is 5.56 Å². The highest BCUT2D eigenvalue weighted by molar-refractivity contribution is 5.74. The maximum absolute atomic E-state index is 12.4. The van der Waals surface area contributed by atoms with Gasteiger partial charge in [-0.05, 0) is 42.5 Å². The van der Waals surface area contributed by atoms with Gasteiger partial charge in [0.05, 0.1) is 11.7 Å². The minimum atomic E-state index is -0.267. The first-order chi connectivity index (χ1) is 13.3. The summed E-state index contributed by atoms with van der Waals surface area (Å²) in [6.07, 6.45) is 4.77. The average molecular weight is 359 g/mol. The smallest absolute Gasteiger partial charge is 0.315 e. The highest BCUT2D eigenvalue weighted by Crippen LogP contribution is 2.19. The Labute approximate surface area is 160 Å². The molecule has 2 aromatic carbocycles. The molecule has 1 atom stereocenters. The Balaban J connectivity index is 1.49. The highest BCUT2D eigenvalue weighted by Gasteiger charge is 2.17. The lowest BCUT2D eigenvalue weighted by molar-refractivity contribution is 0.238. The van der Waals surface area contributed by atoms with Crippen molar-refractivity contribution >= 4 is 6.03 Å². The molecule has 4 nitrogen and oxygen atoms in total. The minimum Gasteiger partial charge on any atom is -0.338 e. The monoisotopic (exact) mass is 359 g/mol. The molecule has 0 radical (unpaired) electrons. The summed E-state index contributed by atoms with van der Waals surface area (Å²) in [5.74, 6) is 0. The zero-order valence-electron chi connectivity index (χ0n) is 15.3. The van der Waals surface area contributed by atoms with Crippen LogP contribution >= 0.6 is 0 Å². The Hall–Kier alpha value is -3.14. The molecule has 3 rings (SSSR count). The topological polar surface area (TPSA) is 54.0 Å². The van der Waals surface area contributed by atoms with Crippen LogP contribution in [0.4, 0.5) is 4.79 Å². The molecule has 0 spiro atoms. The molecular weight excluding hydrogens is 334 g/mol. The maximum atomic E-state index is 12.4. The van der Waals surface area contributed by atoms with Crippen molar-refractivity contribution in [1.29, 1.82) is 0 Å². The lowest BCUT2D eigenvalue weighted by atomic mass is 10.0. The van der Waals surface area contributed by atoms with Crippen molar-refractivity contribution in [1.82, 2.24) is 15.6 Å². The number of hydrogen-bond acceptors (Lipinski definition) is 2. The second-order valence-corrected chi connectivity index (χ2v) is 6.44. The molecule has 3 aromatic rings. The molecule has 1 aromatic heterocycles. The molecule has 0 unspecified atom stereocenters. The first-order valence-electron chi connectivity index (χ1n) is 9.37. The van der Waals surface area contributed by atoms with Crippen LogP contribution in [0, 0.1) is 0 Å². The van der Waals surface area contributed by atoms with Crippen LogP contribution in [-0.4, -0.2) is 17.6 Å². The van der Waals surface area contributed by atoms with Gasteiger partial charge in [-0.3, -0.25) is 4.98 Å². The lowest BCUT2D eigenvalue weighted by Gasteiger charge is -2.19. The van der Waals surface area contributed by atoms with E-state index in [9.17, 15) is 4.79 Å². The standard InChI is InChI=1S/C23H25N3O/c27-23(25-18-9-7-13-19-11-3-1-4-12-19)26-22(20-14-5-2-6-15-20)21-16-8-10-17-24-21/h1-6,8,10-12,14-17,22H,7,9,13,18H2,(H2,25,26,27)/t22-/m1/s1. The van der Waals surface area contributed by atoms with Gasteiger partial charge < -0.3 is 10.6 Å². The van der Waals surface area contributed by atoms with Gasteiger partial charge in [0.25, 0.3) is 0 Å². The Bertz CT molecular complexity index is 767. The SMILES string of the molecule is O=C(NCCCCc1ccccc1)N[C@H](c1ccccc1)c1ccccn1. The van der Waals surface area contributed by atoms with E-state index in [1.54, 1.807) is 6.20 Å². The molecule has 0 fully saturated rings. The van der Waals surface area contributed by atoms with Crippen LogP contribution in [-0.2, 0) is 6.42 Å². The van der Waals surface area contributed by atoms with Crippen LogP contribution in [0.2, 0.25) is 0 Å². The van der Waals surface area contributed by atoms with Crippen LogP contribution in [0.3, 0.4) is 0 Å². The van der Waals surface area contributed by atoms with Crippen molar-refractivity contribution in [2.75, 3.05) is 6.54 Å². The molecule has 2 N–H and O–H groups in total. The molecule has 0 aliphatic carbocycles. The maximum Gasteiger partial charge on any atom is 0.315 e. The van der Waals surface area contributed by atoms with Crippen molar-refractivity contribution in [3.63, 3.8) is 0 Å². The van der Waals surface area contributed by atoms with E-state index in [1.807, 2.05) is 54.6 Å². The molecule has 138 valence electrons. The van der Waals surface area contributed by atoms with E-state index in [0.29, 0.717) is 6.54 Å². The zero-order valence-corrected chi connectivity index (χ0v) is 15.3. The third-order valence-corrected chi connectivity index (χ3v) is 4.41. The summed E-state index contributed by atoms with van der Waals surface area (Å²) in [4.78, 5) is 16.8. The van der Waals surface area contributed by atoms with E-state index < -0.39 is 0 Å². The molecule has 0 bridgehead atoms. The first-order valence-corrected chi connectivity index (χ1v) is 9.37. The number of hydrogen-bond donors (Lipinski definition) is 2. The van der Waals surface area contributed by atoms with E-state index in [-0.39, 0.29) is 12.1 Å². The number of aryl methyl sites for hydroxylation is 1. The third kappa shape index (κ3) is 5.96. The molecule has 0 aliphatic rings. The molecule has 1 heterocycles. The van der Waals surface area contributed by atoms with Gasteiger partial charge in [0, 0.05) is 12.7 Å². The number of benzene rings is 2. The number of nitrogens with one attached hydrogen (secondary N) is 2.